The molecule has 134 valence electrons. The molecule has 0 unspecified atom stereocenters. The van der Waals surface area contributed by atoms with Gasteiger partial charge in [0.25, 0.3) is 0 Å². The van der Waals surface area contributed by atoms with Crippen molar-refractivity contribution >= 4 is 0 Å². The van der Waals surface area contributed by atoms with Crippen LogP contribution in [0.1, 0.15) is 22.3 Å². The van der Waals surface area contributed by atoms with Crippen molar-refractivity contribution in [1.82, 2.24) is 0 Å². The van der Waals surface area contributed by atoms with Crippen LogP contribution in [0, 0.1) is 23.7 Å². The van der Waals surface area contributed by atoms with E-state index >= 15 is 0 Å². The minimum Gasteiger partial charge on any atom is -0.454 e. The standard InChI is InChI=1S/C24H14O4/c1-2-4-20(10-6-18-8-12-22-24(14-18)28-16-26-22)19(3-1)9-5-17-7-11-21-23(13-17)27-15-25-21/h1-4,7-8,11-14H,15-16H2. The topological polar surface area (TPSA) is 36.9 Å². The van der Waals surface area contributed by atoms with Crippen LogP contribution < -0.4 is 18.9 Å². The highest BCUT2D eigenvalue weighted by Crippen LogP contribution is 2.33. The third kappa shape index (κ3) is 3.20. The van der Waals surface area contributed by atoms with Crippen LogP contribution in [-0.4, -0.2) is 13.6 Å². The molecule has 28 heavy (non-hydrogen) atoms. The van der Waals surface area contributed by atoms with Crippen molar-refractivity contribution in [3.05, 3.63) is 82.9 Å². The number of benzene rings is 3. The van der Waals surface area contributed by atoms with E-state index in [1.54, 1.807) is 0 Å². The van der Waals surface area contributed by atoms with Gasteiger partial charge in [0.1, 0.15) is 0 Å². The Kier molecular flexibility index (Phi) is 4.01. The number of rotatable bonds is 0. The molecule has 2 heterocycles. The zero-order valence-electron chi connectivity index (χ0n) is 14.8. The molecule has 0 amide bonds. The summed E-state index contributed by atoms with van der Waals surface area (Å²) in [5.41, 5.74) is 3.47. The van der Waals surface area contributed by atoms with E-state index in [9.17, 15) is 0 Å². The molecule has 3 aromatic carbocycles. The van der Waals surface area contributed by atoms with Crippen molar-refractivity contribution < 1.29 is 18.9 Å². The second kappa shape index (κ2) is 6.95. The van der Waals surface area contributed by atoms with Crippen LogP contribution in [0.25, 0.3) is 0 Å². The Bertz CT molecular complexity index is 1090. The van der Waals surface area contributed by atoms with E-state index in [-0.39, 0.29) is 13.6 Å². The Hall–Kier alpha value is -4.02. The van der Waals surface area contributed by atoms with Crippen LogP contribution in [-0.2, 0) is 0 Å². The molecule has 0 saturated carbocycles. The Labute approximate surface area is 162 Å². The Morgan fingerprint density at radius 1 is 0.500 bits per heavy atom. The largest absolute Gasteiger partial charge is 0.454 e. The van der Waals surface area contributed by atoms with Gasteiger partial charge in [-0.15, -0.1) is 0 Å². The zero-order chi connectivity index (χ0) is 18.8. The second-order valence-electron chi connectivity index (χ2n) is 6.18. The SMILES string of the molecule is C(#Cc1ccccc1C#Cc1ccc2c(c1)OCO2)c1ccc2c(c1)OCO2. The van der Waals surface area contributed by atoms with E-state index < -0.39 is 0 Å². The Balaban J connectivity index is 1.43. The molecule has 0 aromatic heterocycles. The summed E-state index contributed by atoms with van der Waals surface area (Å²) in [4.78, 5) is 0. The molecule has 2 aliphatic rings. The summed E-state index contributed by atoms with van der Waals surface area (Å²) in [7, 11) is 0. The molecule has 3 aromatic rings. The van der Waals surface area contributed by atoms with E-state index in [2.05, 4.69) is 23.7 Å². The molecule has 0 radical (unpaired) electrons. The van der Waals surface area contributed by atoms with Gasteiger partial charge in [-0.2, -0.15) is 0 Å². The maximum absolute atomic E-state index is 5.40. The summed E-state index contributed by atoms with van der Waals surface area (Å²) in [5, 5.41) is 0. The minimum absolute atomic E-state index is 0.254. The van der Waals surface area contributed by atoms with E-state index in [1.165, 1.54) is 0 Å². The monoisotopic (exact) mass is 366 g/mol. The normalized spacial score (nSPS) is 12.6. The molecule has 0 atom stereocenters. The highest BCUT2D eigenvalue weighted by atomic mass is 16.7. The van der Waals surface area contributed by atoms with Gasteiger partial charge in [-0.3, -0.25) is 0 Å². The van der Waals surface area contributed by atoms with Crippen LogP contribution in [0.4, 0.5) is 0 Å². The minimum atomic E-state index is 0.254. The Morgan fingerprint density at radius 2 is 0.964 bits per heavy atom. The summed E-state index contributed by atoms with van der Waals surface area (Å²) in [6, 6.07) is 19.2. The lowest BCUT2D eigenvalue weighted by atomic mass is 10.1. The molecule has 0 fully saturated rings. The van der Waals surface area contributed by atoms with Crippen molar-refractivity contribution in [1.29, 1.82) is 0 Å². The quantitative estimate of drug-likeness (QED) is 0.565. The van der Waals surface area contributed by atoms with Gasteiger partial charge < -0.3 is 18.9 Å². The average molecular weight is 366 g/mol. The molecular weight excluding hydrogens is 352 g/mol. The fourth-order valence-corrected chi connectivity index (χ4v) is 2.93. The number of fused-ring (bicyclic) bond motifs is 2. The van der Waals surface area contributed by atoms with Crippen molar-refractivity contribution in [2.24, 2.45) is 0 Å². The highest BCUT2D eigenvalue weighted by Gasteiger charge is 2.13. The lowest BCUT2D eigenvalue weighted by Gasteiger charge is -1.98. The van der Waals surface area contributed by atoms with Crippen LogP contribution in [0.15, 0.2) is 60.7 Å². The first-order chi connectivity index (χ1) is 13.8. The molecular formula is C24H14O4. The second-order valence-corrected chi connectivity index (χ2v) is 6.18. The number of hydrogen-bond acceptors (Lipinski definition) is 4. The van der Waals surface area contributed by atoms with Crippen LogP contribution >= 0.6 is 0 Å². The van der Waals surface area contributed by atoms with Gasteiger partial charge >= 0.3 is 0 Å². The fourth-order valence-electron chi connectivity index (χ4n) is 2.93. The number of hydrogen-bond donors (Lipinski definition) is 0. The van der Waals surface area contributed by atoms with Gasteiger partial charge in [0, 0.05) is 22.3 Å². The van der Waals surface area contributed by atoms with E-state index in [0.29, 0.717) is 0 Å². The summed E-state index contributed by atoms with van der Waals surface area (Å²) < 4.78 is 21.5. The lowest BCUT2D eigenvalue weighted by molar-refractivity contribution is 0.173. The molecule has 0 N–H and O–H groups in total. The predicted octanol–water partition coefficient (Wildman–Crippen LogP) is 3.94. The fraction of sp³-hybridized carbons (Fsp3) is 0.0833. The first-order valence-corrected chi connectivity index (χ1v) is 8.77. The van der Waals surface area contributed by atoms with Gasteiger partial charge in [0.2, 0.25) is 13.6 Å². The smallest absolute Gasteiger partial charge is 0.231 e. The molecule has 0 saturated heterocycles. The van der Waals surface area contributed by atoms with Gasteiger partial charge in [-0.1, -0.05) is 35.8 Å². The lowest BCUT2D eigenvalue weighted by Crippen LogP contribution is -1.92. The van der Waals surface area contributed by atoms with Gasteiger partial charge in [-0.25, -0.2) is 0 Å². The summed E-state index contributed by atoms with van der Waals surface area (Å²) in [6.07, 6.45) is 0. The van der Waals surface area contributed by atoms with Crippen molar-refractivity contribution in [2.75, 3.05) is 13.6 Å². The molecule has 4 heteroatoms. The van der Waals surface area contributed by atoms with Crippen LogP contribution in [0.5, 0.6) is 23.0 Å². The highest BCUT2D eigenvalue weighted by molar-refractivity contribution is 5.57. The van der Waals surface area contributed by atoms with Gasteiger partial charge in [0.05, 0.1) is 0 Å². The summed E-state index contributed by atoms with van der Waals surface area (Å²) >= 11 is 0. The molecule has 0 aliphatic carbocycles. The van der Waals surface area contributed by atoms with Crippen LogP contribution in [0.2, 0.25) is 0 Å². The van der Waals surface area contributed by atoms with Gasteiger partial charge in [0.15, 0.2) is 23.0 Å². The summed E-state index contributed by atoms with van der Waals surface area (Å²) in [6.45, 7) is 0.509. The Morgan fingerprint density at radius 3 is 1.46 bits per heavy atom. The summed E-state index contributed by atoms with van der Waals surface area (Å²) in [5.74, 6) is 15.7. The maximum Gasteiger partial charge on any atom is 0.231 e. The molecule has 0 spiro atoms. The first-order valence-electron chi connectivity index (χ1n) is 8.77. The third-order valence-electron chi connectivity index (χ3n) is 4.36. The van der Waals surface area contributed by atoms with Gasteiger partial charge in [-0.05, 0) is 48.5 Å². The number of ether oxygens (including phenoxy) is 4. The van der Waals surface area contributed by atoms with E-state index in [1.807, 2.05) is 60.7 Å². The van der Waals surface area contributed by atoms with E-state index in [4.69, 9.17) is 18.9 Å². The van der Waals surface area contributed by atoms with E-state index in [0.717, 1.165) is 45.3 Å². The molecule has 0 bridgehead atoms. The molecule has 5 rings (SSSR count). The molecule has 2 aliphatic heterocycles. The average Bonchev–Trinajstić information content (AvgIpc) is 3.39. The van der Waals surface area contributed by atoms with Crippen molar-refractivity contribution in [2.45, 2.75) is 0 Å². The first kappa shape index (κ1) is 16.2. The van der Waals surface area contributed by atoms with Crippen molar-refractivity contribution in [3.8, 4) is 46.7 Å². The van der Waals surface area contributed by atoms with Crippen LogP contribution in [0.3, 0.4) is 0 Å². The van der Waals surface area contributed by atoms with Crippen molar-refractivity contribution in [3.63, 3.8) is 0 Å². The maximum atomic E-state index is 5.40. The predicted molar refractivity (Wildman–Crippen MR) is 104 cm³/mol. The third-order valence-corrected chi connectivity index (χ3v) is 4.36. The zero-order valence-corrected chi connectivity index (χ0v) is 14.8. The molecule has 4 nitrogen and oxygen atoms in total.